The molecule has 1 aliphatic heterocycles. The highest BCUT2D eigenvalue weighted by Crippen LogP contribution is 2.15. The van der Waals surface area contributed by atoms with Crippen LogP contribution in [0, 0.1) is 0 Å². The summed E-state index contributed by atoms with van der Waals surface area (Å²) in [7, 11) is -3.52. The van der Waals surface area contributed by atoms with Crippen LogP contribution in [0.15, 0.2) is 29.2 Å². The van der Waals surface area contributed by atoms with Gasteiger partial charge in [-0.05, 0) is 43.7 Å². The average molecular weight is 421 g/mol. The summed E-state index contributed by atoms with van der Waals surface area (Å²) in [6, 6.07) is 6.02. The Morgan fingerprint density at radius 3 is 2.46 bits per heavy atom. The minimum atomic E-state index is -3.52. The first-order valence-electron chi connectivity index (χ1n) is 7.30. The van der Waals surface area contributed by atoms with Gasteiger partial charge in [0.2, 0.25) is 10.0 Å². The van der Waals surface area contributed by atoms with Crippen LogP contribution in [-0.4, -0.2) is 51.8 Å². The molecule has 1 aromatic carbocycles. The number of hydrogen-bond acceptors (Lipinski definition) is 5. The second-order valence-electron chi connectivity index (χ2n) is 5.53. The zero-order chi connectivity index (χ0) is 16.1. The largest absolute Gasteiger partial charge is 0.387 e. The highest BCUT2D eigenvalue weighted by Gasteiger charge is 2.28. The third-order valence-electron chi connectivity index (χ3n) is 3.62. The molecule has 0 aromatic heterocycles. The zero-order valence-electron chi connectivity index (χ0n) is 13.1. The summed E-state index contributed by atoms with van der Waals surface area (Å²) in [6.45, 7) is 2.66. The molecule has 1 aliphatic rings. The van der Waals surface area contributed by atoms with E-state index in [-0.39, 0.29) is 36.3 Å². The number of sulfonamides is 1. The van der Waals surface area contributed by atoms with Crippen LogP contribution in [0.1, 0.15) is 12.8 Å². The lowest BCUT2D eigenvalue weighted by atomic mass is 9.94. The molecule has 1 aromatic rings. The van der Waals surface area contributed by atoms with Crippen LogP contribution in [0.5, 0.6) is 0 Å². The lowest BCUT2D eigenvalue weighted by Gasteiger charge is -2.32. The average Bonchev–Trinajstić information content (AvgIpc) is 2.48. The minimum absolute atomic E-state index is 0. The number of β-amino-alcohol motifs (C(OH)–C–C–N with tert-alkyl or cyclic N) is 1. The summed E-state index contributed by atoms with van der Waals surface area (Å²) in [5.74, 6) is 0. The Labute approximate surface area is 160 Å². The molecule has 0 amide bonds. The van der Waals surface area contributed by atoms with Crippen molar-refractivity contribution in [1.29, 1.82) is 0 Å². The third kappa shape index (κ3) is 7.41. The van der Waals surface area contributed by atoms with Gasteiger partial charge in [-0.2, -0.15) is 0 Å². The summed E-state index contributed by atoms with van der Waals surface area (Å²) < 4.78 is 26.6. The van der Waals surface area contributed by atoms with Crippen LogP contribution < -0.4 is 15.4 Å². The van der Waals surface area contributed by atoms with Crippen LogP contribution in [0.3, 0.4) is 0 Å². The number of piperidine rings is 1. The van der Waals surface area contributed by atoms with E-state index < -0.39 is 15.6 Å². The van der Waals surface area contributed by atoms with Crippen LogP contribution in [0.25, 0.3) is 0 Å². The second-order valence-corrected chi connectivity index (χ2v) is 7.74. The van der Waals surface area contributed by atoms with Crippen LogP contribution in [0.2, 0.25) is 5.02 Å². The standard InChI is InChI=1S/C14H22ClN3O3S.2ClH/c15-12-2-4-13(5-3-12)22(20,21)18-9-8-17-11-14(19)6-1-7-16-10-14;;/h2-5,16-19H,1,6-11H2;2*1H. The number of rotatable bonds is 7. The Morgan fingerprint density at radius 1 is 1.21 bits per heavy atom. The molecular formula is C14H24Cl3N3O3S. The molecule has 10 heteroatoms. The van der Waals surface area contributed by atoms with E-state index in [0.717, 1.165) is 19.4 Å². The Morgan fingerprint density at radius 2 is 1.88 bits per heavy atom. The van der Waals surface area contributed by atoms with Crippen molar-refractivity contribution < 1.29 is 13.5 Å². The molecule has 24 heavy (non-hydrogen) atoms. The fourth-order valence-electron chi connectivity index (χ4n) is 2.39. The van der Waals surface area contributed by atoms with Crippen molar-refractivity contribution in [2.24, 2.45) is 0 Å². The summed E-state index contributed by atoms with van der Waals surface area (Å²) in [4.78, 5) is 0.187. The summed E-state index contributed by atoms with van der Waals surface area (Å²) in [6.07, 6.45) is 1.70. The summed E-state index contributed by atoms with van der Waals surface area (Å²) in [5.41, 5.74) is -0.743. The fourth-order valence-corrected chi connectivity index (χ4v) is 3.55. The van der Waals surface area contributed by atoms with Gasteiger partial charge in [-0.25, -0.2) is 13.1 Å². The van der Waals surface area contributed by atoms with Crippen molar-refractivity contribution in [2.45, 2.75) is 23.3 Å². The highest BCUT2D eigenvalue weighted by atomic mass is 35.5. The fraction of sp³-hybridized carbons (Fsp3) is 0.571. The number of benzene rings is 1. The van der Waals surface area contributed by atoms with E-state index in [2.05, 4.69) is 15.4 Å². The summed E-state index contributed by atoms with van der Waals surface area (Å²) >= 11 is 5.74. The molecule has 140 valence electrons. The number of nitrogens with one attached hydrogen (secondary N) is 3. The zero-order valence-corrected chi connectivity index (χ0v) is 16.3. The maximum Gasteiger partial charge on any atom is 0.240 e. The summed E-state index contributed by atoms with van der Waals surface area (Å²) in [5, 5.41) is 17.0. The van der Waals surface area contributed by atoms with Crippen LogP contribution >= 0.6 is 36.4 Å². The van der Waals surface area contributed by atoms with E-state index in [0.29, 0.717) is 24.7 Å². The van der Waals surface area contributed by atoms with E-state index in [1.165, 1.54) is 12.1 Å². The van der Waals surface area contributed by atoms with Gasteiger partial charge in [0.1, 0.15) is 0 Å². The van der Waals surface area contributed by atoms with Crippen molar-refractivity contribution in [1.82, 2.24) is 15.4 Å². The van der Waals surface area contributed by atoms with E-state index in [1.807, 2.05) is 0 Å². The molecule has 1 unspecified atom stereocenters. The smallest absolute Gasteiger partial charge is 0.240 e. The van der Waals surface area contributed by atoms with Gasteiger partial charge in [0.05, 0.1) is 10.5 Å². The lowest BCUT2D eigenvalue weighted by Crippen LogP contribution is -2.52. The van der Waals surface area contributed by atoms with Crippen molar-refractivity contribution in [2.75, 3.05) is 32.7 Å². The van der Waals surface area contributed by atoms with Gasteiger partial charge in [0.15, 0.2) is 0 Å². The molecule has 2 rings (SSSR count). The predicted molar refractivity (Wildman–Crippen MR) is 101 cm³/mol. The Balaban J connectivity index is 0.00000264. The van der Waals surface area contributed by atoms with Gasteiger partial charge in [-0.3, -0.25) is 0 Å². The molecule has 0 bridgehead atoms. The Kier molecular flexibility index (Phi) is 10.7. The molecular weight excluding hydrogens is 397 g/mol. The third-order valence-corrected chi connectivity index (χ3v) is 5.35. The number of halogens is 3. The Hall–Kier alpha value is -0.120. The first-order chi connectivity index (χ1) is 10.4. The minimum Gasteiger partial charge on any atom is -0.387 e. The highest BCUT2D eigenvalue weighted by molar-refractivity contribution is 7.89. The van der Waals surface area contributed by atoms with Crippen molar-refractivity contribution >= 4 is 46.4 Å². The second kappa shape index (κ2) is 10.8. The first-order valence-corrected chi connectivity index (χ1v) is 9.17. The van der Waals surface area contributed by atoms with Gasteiger partial charge < -0.3 is 15.7 Å². The number of aliphatic hydroxyl groups is 1. The van der Waals surface area contributed by atoms with Gasteiger partial charge in [0.25, 0.3) is 0 Å². The quantitative estimate of drug-likeness (QED) is 0.497. The normalized spacial score (nSPS) is 20.8. The molecule has 0 spiro atoms. The van der Waals surface area contributed by atoms with E-state index >= 15 is 0 Å². The first kappa shape index (κ1) is 23.9. The van der Waals surface area contributed by atoms with Crippen molar-refractivity contribution in [3.8, 4) is 0 Å². The molecule has 0 aliphatic carbocycles. The topological polar surface area (TPSA) is 90.5 Å². The molecule has 0 radical (unpaired) electrons. The molecule has 0 saturated carbocycles. The van der Waals surface area contributed by atoms with Crippen LogP contribution in [0.4, 0.5) is 0 Å². The molecule has 1 saturated heterocycles. The van der Waals surface area contributed by atoms with Crippen molar-refractivity contribution in [3.05, 3.63) is 29.3 Å². The van der Waals surface area contributed by atoms with E-state index in [4.69, 9.17) is 11.6 Å². The van der Waals surface area contributed by atoms with E-state index in [1.54, 1.807) is 12.1 Å². The SMILES string of the molecule is Cl.Cl.O=S(=O)(NCCNCC1(O)CCCNC1)c1ccc(Cl)cc1. The van der Waals surface area contributed by atoms with Gasteiger partial charge in [-0.1, -0.05) is 11.6 Å². The molecule has 6 nitrogen and oxygen atoms in total. The number of hydrogen-bond donors (Lipinski definition) is 4. The van der Waals surface area contributed by atoms with Gasteiger partial charge in [0, 0.05) is 31.2 Å². The molecule has 1 atom stereocenters. The lowest BCUT2D eigenvalue weighted by molar-refractivity contribution is 0.0175. The van der Waals surface area contributed by atoms with Gasteiger partial charge >= 0.3 is 0 Å². The monoisotopic (exact) mass is 419 g/mol. The molecule has 1 fully saturated rings. The Bertz CT molecular complexity index is 579. The van der Waals surface area contributed by atoms with Crippen LogP contribution in [-0.2, 0) is 10.0 Å². The van der Waals surface area contributed by atoms with E-state index in [9.17, 15) is 13.5 Å². The maximum atomic E-state index is 12.0. The molecule has 4 N–H and O–H groups in total. The van der Waals surface area contributed by atoms with Crippen molar-refractivity contribution in [3.63, 3.8) is 0 Å². The molecule has 1 heterocycles. The van der Waals surface area contributed by atoms with Gasteiger partial charge in [-0.15, -0.1) is 24.8 Å². The predicted octanol–water partition coefficient (Wildman–Crippen LogP) is 1.17. The maximum absolute atomic E-state index is 12.0.